The maximum Gasteiger partial charge on any atom is 0 e. The number of rotatable bonds is 0. The second-order valence-corrected chi connectivity index (χ2v) is 0. The molecule has 0 aliphatic carbocycles. The van der Waals surface area contributed by atoms with Gasteiger partial charge in [0.05, 0.1) is 0 Å². The van der Waals surface area contributed by atoms with E-state index in [9.17, 15) is 0 Å². The molecule has 4 heavy (non-hydrogen) atoms. The second-order valence-electron chi connectivity index (χ2n) is 0. The molecule has 0 aliphatic rings. The van der Waals surface area contributed by atoms with Crippen molar-refractivity contribution in [3.8, 4) is 0 Å². The molecule has 0 rings (SSSR count). The molecular formula is GaInSSe. The van der Waals surface area contributed by atoms with E-state index in [-0.39, 0.29) is 76.2 Å². The van der Waals surface area contributed by atoms with Crippen LogP contribution in [0.5, 0.6) is 0 Å². The quantitative estimate of drug-likeness (QED) is 0.529. The van der Waals surface area contributed by atoms with E-state index in [0.717, 1.165) is 0 Å². The van der Waals surface area contributed by atoms with Crippen molar-refractivity contribution in [3.63, 3.8) is 0 Å². The van der Waals surface area contributed by atoms with Gasteiger partial charge in [0.15, 0.2) is 0 Å². The molecule has 0 saturated heterocycles. The van der Waals surface area contributed by atoms with Gasteiger partial charge in [-0.15, -0.1) is 0 Å². The van der Waals surface area contributed by atoms with Crippen LogP contribution < -0.4 is 0 Å². The molecule has 0 bridgehead atoms. The van der Waals surface area contributed by atoms with Crippen LogP contribution in [-0.2, 0) is 0 Å². The van der Waals surface area contributed by atoms with E-state index in [2.05, 4.69) is 0 Å². The first-order valence-electron chi connectivity index (χ1n) is 0. The van der Waals surface area contributed by atoms with Crippen LogP contribution in [0.25, 0.3) is 0 Å². The van der Waals surface area contributed by atoms with Crippen molar-refractivity contribution in [1.82, 2.24) is 0 Å². The summed E-state index contributed by atoms with van der Waals surface area (Å²) in [6, 6.07) is 0. The zero-order valence-electron chi connectivity index (χ0n) is 1.97. The molecule has 0 heterocycles. The minimum atomic E-state index is 0. The van der Waals surface area contributed by atoms with Gasteiger partial charge >= 0.3 is 0 Å². The molecule has 0 N–H and O–H groups in total. The Kier molecular flexibility index (Phi) is 149. The van der Waals surface area contributed by atoms with Crippen LogP contribution in [-0.4, -0.2) is 62.7 Å². The van der Waals surface area contributed by atoms with E-state index in [0.29, 0.717) is 0 Å². The van der Waals surface area contributed by atoms with Crippen molar-refractivity contribution >= 4 is 76.2 Å². The summed E-state index contributed by atoms with van der Waals surface area (Å²) < 4.78 is 0. The molecule has 0 amide bonds. The number of hydrogen-bond acceptors (Lipinski definition) is 0. The number of hydrogen-bond donors (Lipinski definition) is 0. The van der Waals surface area contributed by atoms with E-state index in [4.69, 9.17) is 0 Å². The molecule has 4 heteroatoms. The van der Waals surface area contributed by atoms with Crippen LogP contribution in [0, 0.1) is 0 Å². The van der Waals surface area contributed by atoms with Gasteiger partial charge in [0.1, 0.15) is 0 Å². The third-order valence-corrected chi connectivity index (χ3v) is 0. The maximum atomic E-state index is 0. The van der Waals surface area contributed by atoms with Crippen LogP contribution in [0.3, 0.4) is 0 Å². The summed E-state index contributed by atoms with van der Waals surface area (Å²) in [4.78, 5) is 0. The van der Waals surface area contributed by atoms with Gasteiger partial charge in [-0.05, 0) is 0 Å². The normalized spacial score (nSPS) is 0. The first-order valence-corrected chi connectivity index (χ1v) is 0. The van der Waals surface area contributed by atoms with E-state index < -0.39 is 0 Å². The summed E-state index contributed by atoms with van der Waals surface area (Å²) in [5, 5.41) is 0. The van der Waals surface area contributed by atoms with Crippen LogP contribution in [0.15, 0.2) is 0 Å². The Bertz CT molecular complexity index is 8.00. The summed E-state index contributed by atoms with van der Waals surface area (Å²) in [5.41, 5.74) is 0. The Balaban J connectivity index is 0. The summed E-state index contributed by atoms with van der Waals surface area (Å²) in [6.07, 6.45) is 0. The van der Waals surface area contributed by atoms with Gasteiger partial charge < -0.3 is 0 Å². The maximum absolute atomic E-state index is 0. The minimum Gasteiger partial charge on any atom is 0 e. The summed E-state index contributed by atoms with van der Waals surface area (Å²) >= 11 is 0. The molecule has 0 aliphatic heterocycles. The average Bonchev–Trinajstić information content (AvgIpc) is 0. The van der Waals surface area contributed by atoms with Crippen LogP contribution in [0.1, 0.15) is 0 Å². The second kappa shape index (κ2) is 18.2. The fourth-order valence-corrected chi connectivity index (χ4v) is 0. The van der Waals surface area contributed by atoms with Crippen molar-refractivity contribution in [2.45, 2.75) is 0 Å². The van der Waals surface area contributed by atoms with Gasteiger partial charge in [0, 0.05) is 76.2 Å². The van der Waals surface area contributed by atoms with Crippen molar-refractivity contribution in [2.75, 3.05) is 0 Å². The minimum absolute atomic E-state index is 0. The first kappa shape index (κ1) is 32.6. The summed E-state index contributed by atoms with van der Waals surface area (Å²) in [7, 11) is 0. The Hall–Kier alpha value is 2.38. The Morgan fingerprint density at radius 3 is 1.00 bits per heavy atom. The van der Waals surface area contributed by atoms with Gasteiger partial charge in [-0.25, -0.2) is 0 Å². The van der Waals surface area contributed by atoms with Crippen molar-refractivity contribution < 1.29 is 0 Å². The van der Waals surface area contributed by atoms with Crippen molar-refractivity contribution in [2.24, 2.45) is 0 Å². The zero-order chi connectivity index (χ0) is 0. The largest absolute Gasteiger partial charge is 0 e. The van der Waals surface area contributed by atoms with Crippen molar-refractivity contribution in [3.05, 3.63) is 0 Å². The van der Waals surface area contributed by atoms with Crippen LogP contribution in [0.4, 0.5) is 0 Å². The van der Waals surface area contributed by atoms with Gasteiger partial charge in [0.25, 0.3) is 0 Å². The molecule has 0 spiro atoms. The Morgan fingerprint density at radius 2 is 1.00 bits per heavy atom. The Morgan fingerprint density at radius 1 is 1.00 bits per heavy atom. The van der Waals surface area contributed by atoms with E-state index in [1.807, 2.05) is 0 Å². The molecule has 10 radical (unpaired) electrons. The van der Waals surface area contributed by atoms with Gasteiger partial charge in [-0.1, -0.05) is 0 Å². The topological polar surface area (TPSA) is 0 Å². The molecular weight excluding hydrogens is 296 g/mol. The molecule has 0 unspecified atom stereocenters. The molecule has 18 valence electrons. The zero-order valence-corrected chi connectivity index (χ0v) is 10.2. The molecule has 0 atom stereocenters. The fourth-order valence-electron chi connectivity index (χ4n) is 0. The molecule has 0 aromatic carbocycles. The Labute approximate surface area is 75.2 Å². The average molecular weight is 296 g/mol. The molecule has 0 saturated carbocycles. The van der Waals surface area contributed by atoms with Gasteiger partial charge in [-0.2, -0.15) is 0 Å². The predicted octanol–water partition coefficient (Wildman–Crippen LogP) is -0.494. The molecule has 0 nitrogen and oxygen atoms in total. The SMILES string of the molecule is [Ga].[In].[S].[Se]. The molecule has 0 aromatic rings. The summed E-state index contributed by atoms with van der Waals surface area (Å²) in [6.45, 7) is 0. The van der Waals surface area contributed by atoms with E-state index >= 15 is 0 Å². The van der Waals surface area contributed by atoms with Crippen LogP contribution in [0.2, 0.25) is 0 Å². The molecule has 0 aromatic heterocycles. The van der Waals surface area contributed by atoms with Crippen LogP contribution >= 0.6 is 13.5 Å². The third kappa shape index (κ3) is 8.83. The molecule has 0 fully saturated rings. The van der Waals surface area contributed by atoms with Gasteiger partial charge in [0.2, 0.25) is 0 Å². The van der Waals surface area contributed by atoms with Crippen molar-refractivity contribution in [1.29, 1.82) is 0 Å². The monoisotopic (exact) mass is 296 g/mol. The fraction of sp³-hybridized carbons (Fsp3) is 0. The first-order chi connectivity index (χ1) is 0. The smallest absolute Gasteiger partial charge is 0 e. The predicted molar refractivity (Wildman–Crippen MR) is 24.9 cm³/mol. The standard InChI is InChI=1S/Ga.In.S.Se. The van der Waals surface area contributed by atoms with E-state index in [1.165, 1.54) is 0 Å². The summed E-state index contributed by atoms with van der Waals surface area (Å²) in [5.74, 6) is 0. The third-order valence-electron chi connectivity index (χ3n) is 0. The van der Waals surface area contributed by atoms with E-state index in [1.54, 1.807) is 0 Å². The van der Waals surface area contributed by atoms with Gasteiger partial charge in [-0.3, -0.25) is 0 Å².